The Morgan fingerprint density at radius 1 is 0.903 bits per heavy atom. The van der Waals surface area contributed by atoms with Crippen molar-refractivity contribution in [3.63, 3.8) is 0 Å². The van der Waals surface area contributed by atoms with E-state index in [1.165, 1.54) is 5.56 Å². The first-order chi connectivity index (χ1) is 34.2. The van der Waals surface area contributed by atoms with E-state index in [2.05, 4.69) is 57.0 Å². The molecule has 6 heterocycles. The zero-order valence-electron chi connectivity index (χ0n) is 40.4. The molecule has 3 aromatic carbocycles. The second kappa shape index (κ2) is 21.4. The Morgan fingerprint density at radius 2 is 1.58 bits per heavy atom. The quantitative estimate of drug-likeness (QED) is 0.0970. The molecule has 4 aliphatic rings. The van der Waals surface area contributed by atoms with Crippen LogP contribution in [0, 0.1) is 11.3 Å². The molecule has 72 heavy (non-hydrogen) atoms. The third kappa shape index (κ3) is 11.8. The number of imide groups is 1. The van der Waals surface area contributed by atoms with E-state index >= 15 is 4.39 Å². The molecule has 0 radical (unpaired) electrons. The van der Waals surface area contributed by atoms with Gasteiger partial charge in [0, 0.05) is 68.6 Å². The number of aliphatic carboxylic acids is 1. The van der Waals surface area contributed by atoms with E-state index in [0.29, 0.717) is 73.1 Å². The summed E-state index contributed by atoms with van der Waals surface area (Å²) in [7, 11) is 1.74. The van der Waals surface area contributed by atoms with Crippen LogP contribution >= 0.6 is 11.6 Å². The third-order valence-corrected chi connectivity index (χ3v) is 15.0. The summed E-state index contributed by atoms with van der Waals surface area (Å²) < 4.78 is 57.4. The van der Waals surface area contributed by atoms with Gasteiger partial charge in [-0.15, -0.1) is 0 Å². The Balaban J connectivity index is 0.000000923. The molecule has 9 rings (SSSR count). The number of imidazole rings is 1. The number of alkyl halides is 4. The van der Waals surface area contributed by atoms with Crippen molar-refractivity contribution < 1.29 is 41.8 Å². The molecule has 2 N–H and O–H groups in total. The van der Waals surface area contributed by atoms with Gasteiger partial charge in [-0.3, -0.25) is 24.0 Å². The van der Waals surface area contributed by atoms with Crippen molar-refractivity contribution in [1.82, 2.24) is 34.2 Å². The van der Waals surface area contributed by atoms with Crippen LogP contribution in [0.4, 0.5) is 23.5 Å². The highest BCUT2D eigenvalue weighted by Crippen LogP contribution is 2.37. The number of nitriles is 1. The molecule has 20 heteroatoms. The van der Waals surface area contributed by atoms with Gasteiger partial charge in [-0.05, 0) is 129 Å². The summed E-state index contributed by atoms with van der Waals surface area (Å²) in [6.07, 6.45) is 2.19. The molecule has 0 spiro atoms. The molecule has 0 aliphatic carbocycles. The second-order valence-corrected chi connectivity index (χ2v) is 20.2. The molecule has 0 saturated carbocycles. The van der Waals surface area contributed by atoms with Crippen LogP contribution in [0.15, 0.2) is 77.7 Å². The summed E-state index contributed by atoms with van der Waals surface area (Å²) in [6, 6.07) is 23.4. The lowest BCUT2D eigenvalue weighted by atomic mass is 9.78. The number of nitrogens with one attached hydrogen (secondary N) is 1. The number of anilines is 1. The minimum Gasteiger partial charge on any atom is -0.487 e. The zero-order chi connectivity index (χ0) is 51.5. The number of rotatable bonds is 11. The molecule has 382 valence electrons. The number of carboxylic acids is 1. The zero-order valence-corrected chi connectivity index (χ0v) is 41.2. The smallest absolute Gasteiger partial charge is 0.487 e. The maximum atomic E-state index is 16.4. The lowest BCUT2D eigenvalue weighted by Gasteiger charge is -2.44. The molecule has 4 fully saturated rings. The van der Waals surface area contributed by atoms with Crippen molar-refractivity contribution in [2.75, 3.05) is 50.7 Å². The minimum absolute atomic E-state index is 0.218. The average molecular weight is 1020 g/mol. The van der Waals surface area contributed by atoms with Crippen LogP contribution in [0.2, 0.25) is 5.02 Å². The highest BCUT2D eigenvalue weighted by Gasteiger charge is 2.40. The summed E-state index contributed by atoms with van der Waals surface area (Å²) in [4.78, 5) is 62.9. The first-order valence-electron chi connectivity index (χ1n) is 24.2. The fourth-order valence-electron chi connectivity index (χ4n) is 10.5. The van der Waals surface area contributed by atoms with E-state index in [9.17, 15) is 32.8 Å². The number of nitrogens with zero attached hydrogens (tertiary/aromatic N) is 8. The summed E-state index contributed by atoms with van der Waals surface area (Å²) in [6.45, 7) is 9.85. The van der Waals surface area contributed by atoms with E-state index < -0.39 is 29.8 Å². The predicted octanol–water partition coefficient (Wildman–Crippen LogP) is 7.82. The van der Waals surface area contributed by atoms with Crippen molar-refractivity contribution in [2.24, 2.45) is 7.05 Å². The molecule has 1 atom stereocenters. The van der Waals surface area contributed by atoms with Gasteiger partial charge in [-0.25, -0.2) is 23.9 Å². The summed E-state index contributed by atoms with van der Waals surface area (Å²) in [5, 5.41) is 19.5. The number of halogens is 5. The van der Waals surface area contributed by atoms with Gasteiger partial charge in [0.15, 0.2) is 0 Å². The number of piperidine rings is 4. The highest BCUT2D eigenvalue weighted by molar-refractivity contribution is 6.30. The van der Waals surface area contributed by atoms with Crippen molar-refractivity contribution in [2.45, 2.75) is 107 Å². The number of aromatic nitrogens is 4. The lowest BCUT2D eigenvalue weighted by Crippen LogP contribution is -2.52. The number of carbonyl (C=O) groups excluding carboxylic acids is 2. The highest BCUT2D eigenvalue weighted by atomic mass is 35.5. The van der Waals surface area contributed by atoms with Crippen LogP contribution in [-0.4, -0.2) is 115 Å². The average Bonchev–Trinajstić information content (AvgIpc) is 3.61. The number of ether oxygens (including phenoxy) is 1. The van der Waals surface area contributed by atoms with Gasteiger partial charge in [0.05, 0.1) is 28.4 Å². The van der Waals surface area contributed by atoms with E-state index in [0.717, 1.165) is 79.7 Å². The maximum Gasteiger partial charge on any atom is 0.490 e. The maximum absolute atomic E-state index is 16.4. The molecule has 0 bridgehead atoms. The Morgan fingerprint density at radius 3 is 2.22 bits per heavy atom. The number of benzene rings is 3. The molecular weight excluding hydrogens is 958 g/mol. The monoisotopic (exact) mass is 1020 g/mol. The summed E-state index contributed by atoms with van der Waals surface area (Å²) >= 11 is 6.31. The first kappa shape index (κ1) is 52.0. The normalized spacial score (nSPS) is 19.6. The SMILES string of the molecule is Cn1c(=O)n(C2CCC(=O)NC2=O)c2ccc(C3CCN(C4CCN(CC5(F)CCN(c6nccc(COc7ccc(C(C)(C)c8cc(Cl)cc(C#N)c8)cc7)n6)CC5)CC4)CC3)cc21.O=C(O)C(F)(F)F. The largest absolute Gasteiger partial charge is 0.490 e. The number of aryl methyl sites for hydroxylation is 1. The van der Waals surface area contributed by atoms with E-state index in [-0.39, 0.29) is 30.0 Å². The molecular formula is C52H58ClF4N9O6. The molecule has 15 nitrogen and oxygen atoms in total. The van der Waals surface area contributed by atoms with Crippen molar-refractivity contribution in [1.29, 1.82) is 5.26 Å². The van der Waals surface area contributed by atoms with Crippen LogP contribution in [0.3, 0.4) is 0 Å². The van der Waals surface area contributed by atoms with E-state index in [1.54, 1.807) is 28.4 Å². The molecule has 2 amide bonds. The van der Waals surface area contributed by atoms with Crippen LogP contribution < -0.4 is 20.6 Å². The Kier molecular flexibility index (Phi) is 15.4. The number of fused-ring (bicyclic) bond motifs is 1. The van der Waals surface area contributed by atoms with Gasteiger partial charge in [0.2, 0.25) is 17.8 Å². The number of likely N-dealkylation sites (tertiary alicyclic amines) is 2. The van der Waals surface area contributed by atoms with Gasteiger partial charge in [0.25, 0.3) is 0 Å². The Labute approximate surface area is 419 Å². The first-order valence-corrected chi connectivity index (χ1v) is 24.6. The number of hydrogen-bond acceptors (Lipinski definition) is 11. The molecule has 1 unspecified atom stereocenters. The van der Waals surface area contributed by atoms with Crippen LogP contribution in [0.1, 0.15) is 105 Å². The second-order valence-electron chi connectivity index (χ2n) is 19.8. The number of carboxylic acid groups (broad SMARTS) is 1. The number of amides is 2. The lowest BCUT2D eigenvalue weighted by molar-refractivity contribution is -0.192. The number of hydrogen-bond donors (Lipinski definition) is 2. The van der Waals surface area contributed by atoms with Crippen LogP contribution in [0.25, 0.3) is 11.0 Å². The van der Waals surface area contributed by atoms with Crippen LogP contribution in [-0.2, 0) is 33.5 Å². The van der Waals surface area contributed by atoms with Gasteiger partial charge in [-0.1, -0.05) is 43.6 Å². The molecule has 4 saturated heterocycles. The fraction of sp³-hybridized carbons (Fsp3) is 0.481. The third-order valence-electron chi connectivity index (χ3n) is 14.8. The van der Waals surface area contributed by atoms with Gasteiger partial charge >= 0.3 is 17.8 Å². The van der Waals surface area contributed by atoms with Gasteiger partial charge in [0.1, 0.15) is 24.1 Å². The van der Waals surface area contributed by atoms with Crippen molar-refractivity contribution >= 4 is 46.4 Å². The topological polar surface area (TPSA) is 179 Å². The Bertz CT molecular complexity index is 2900. The van der Waals surface area contributed by atoms with E-state index in [1.807, 2.05) is 48.5 Å². The minimum atomic E-state index is -5.08. The standard InChI is InChI=1S/C50H57ClFN9O4.C2HF3O2/c1-49(2,37-26-33(30-53)27-38(51)29-37)36-5-7-41(8-6-36)65-31-39-12-19-54-47(55-39)60-24-17-50(52,18-25-60)32-58-20-15-40(16-21-58)59-22-13-34(14-23-59)35-4-9-42-44(28-35)57(3)48(64)61(42)43-10-11-45(62)56-46(43)63;3-2(4,5)1(6)7/h4-9,12,19,26-29,34,40,43H,10-11,13-18,20-25,31-32H2,1-3H3,(H,56,62,63);(H,6,7). The summed E-state index contributed by atoms with van der Waals surface area (Å²) in [5.74, 6) is -1.78. The van der Waals surface area contributed by atoms with Crippen molar-refractivity contribution in [3.8, 4) is 11.8 Å². The van der Waals surface area contributed by atoms with Crippen molar-refractivity contribution in [3.05, 3.63) is 116 Å². The fourth-order valence-corrected chi connectivity index (χ4v) is 10.7. The Hall–Kier alpha value is -6.36. The summed E-state index contributed by atoms with van der Waals surface area (Å²) in [5.41, 5.74) is 4.18. The predicted molar refractivity (Wildman–Crippen MR) is 262 cm³/mol. The van der Waals surface area contributed by atoms with E-state index in [4.69, 9.17) is 31.2 Å². The molecule has 2 aromatic heterocycles. The number of carbonyl (C=O) groups is 3. The molecule has 5 aromatic rings. The van der Waals surface area contributed by atoms with Crippen LogP contribution in [0.5, 0.6) is 5.75 Å². The van der Waals surface area contributed by atoms with Gasteiger partial charge < -0.3 is 24.5 Å². The molecule has 4 aliphatic heterocycles. The van der Waals surface area contributed by atoms with Gasteiger partial charge in [-0.2, -0.15) is 18.4 Å².